The number of nitrogens with zero attached hydrogens (tertiary/aromatic N) is 3. The molecular formula is C26H32FN3O4. The lowest BCUT2D eigenvalue weighted by atomic mass is 9.72. The van der Waals surface area contributed by atoms with Crippen LogP contribution in [0.5, 0.6) is 5.75 Å². The third-order valence-electron chi connectivity index (χ3n) is 6.95. The van der Waals surface area contributed by atoms with Crippen molar-refractivity contribution in [2.45, 2.75) is 24.3 Å². The van der Waals surface area contributed by atoms with Crippen LogP contribution in [-0.4, -0.2) is 81.7 Å². The van der Waals surface area contributed by atoms with Crippen molar-refractivity contribution in [2.75, 3.05) is 59.0 Å². The lowest BCUT2D eigenvalue weighted by Gasteiger charge is -2.47. The Morgan fingerprint density at radius 2 is 1.74 bits per heavy atom. The van der Waals surface area contributed by atoms with Gasteiger partial charge in [0.05, 0.1) is 12.5 Å². The van der Waals surface area contributed by atoms with Crippen molar-refractivity contribution < 1.29 is 23.5 Å². The quantitative estimate of drug-likeness (QED) is 0.674. The number of benzene rings is 2. The van der Waals surface area contributed by atoms with E-state index in [0.29, 0.717) is 51.3 Å². The minimum Gasteiger partial charge on any atom is -0.497 e. The number of amides is 2. The molecule has 0 saturated carbocycles. The minimum absolute atomic E-state index is 0.151. The average Bonchev–Trinajstić information content (AvgIpc) is 2.88. The van der Waals surface area contributed by atoms with Gasteiger partial charge < -0.3 is 24.2 Å². The largest absolute Gasteiger partial charge is 0.497 e. The molecular weight excluding hydrogens is 437 g/mol. The smallest absolute Gasteiger partial charge is 0.246 e. The van der Waals surface area contributed by atoms with E-state index in [-0.39, 0.29) is 11.8 Å². The summed E-state index contributed by atoms with van der Waals surface area (Å²) >= 11 is 0. The standard InChI is InChI=1S/C26H32FN3O4/c1-28(2)24(31)23-18-29(19-8-10-20(33-3)11-9-19)14-15-30(23)25(32)26(12-16-34-17-13-26)21-6-4-5-7-22(21)27/h4-11,23H,12-18H2,1-3H3/t23-/m0/s1. The summed E-state index contributed by atoms with van der Waals surface area (Å²) in [6.07, 6.45) is 0.767. The second-order valence-electron chi connectivity index (χ2n) is 9.07. The Bertz CT molecular complexity index is 1020. The van der Waals surface area contributed by atoms with Gasteiger partial charge in [-0.3, -0.25) is 9.59 Å². The van der Waals surface area contributed by atoms with Gasteiger partial charge in [-0.2, -0.15) is 0 Å². The fourth-order valence-electron chi connectivity index (χ4n) is 5.01. The highest BCUT2D eigenvalue weighted by atomic mass is 19.1. The van der Waals surface area contributed by atoms with E-state index in [9.17, 15) is 14.0 Å². The van der Waals surface area contributed by atoms with Crippen molar-refractivity contribution in [3.8, 4) is 5.75 Å². The van der Waals surface area contributed by atoms with Gasteiger partial charge in [0, 0.05) is 58.2 Å². The number of anilines is 1. The minimum atomic E-state index is -1.04. The Morgan fingerprint density at radius 1 is 1.06 bits per heavy atom. The first kappa shape index (κ1) is 24.0. The Labute approximate surface area is 200 Å². The van der Waals surface area contributed by atoms with E-state index in [4.69, 9.17) is 9.47 Å². The monoisotopic (exact) mass is 469 g/mol. The van der Waals surface area contributed by atoms with Gasteiger partial charge in [0.25, 0.3) is 0 Å². The molecule has 8 heteroatoms. The van der Waals surface area contributed by atoms with Crippen molar-refractivity contribution >= 4 is 17.5 Å². The number of hydrogen-bond acceptors (Lipinski definition) is 5. The maximum Gasteiger partial charge on any atom is 0.246 e. The van der Waals surface area contributed by atoms with Crippen LogP contribution in [-0.2, 0) is 19.7 Å². The van der Waals surface area contributed by atoms with Crippen LogP contribution in [0, 0.1) is 5.82 Å². The van der Waals surface area contributed by atoms with Crippen molar-refractivity contribution in [2.24, 2.45) is 0 Å². The Morgan fingerprint density at radius 3 is 2.35 bits per heavy atom. The van der Waals surface area contributed by atoms with Crippen molar-refractivity contribution in [3.05, 3.63) is 59.9 Å². The molecule has 0 N–H and O–H groups in total. The summed E-state index contributed by atoms with van der Waals surface area (Å²) < 4.78 is 25.8. The van der Waals surface area contributed by atoms with Crippen LogP contribution in [0.2, 0.25) is 0 Å². The van der Waals surface area contributed by atoms with Gasteiger partial charge in [-0.05, 0) is 43.2 Å². The van der Waals surface area contributed by atoms with Gasteiger partial charge >= 0.3 is 0 Å². The number of piperazine rings is 1. The van der Waals surface area contributed by atoms with Crippen molar-refractivity contribution in [1.82, 2.24) is 9.80 Å². The molecule has 2 fully saturated rings. The zero-order chi connectivity index (χ0) is 24.3. The van der Waals surface area contributed by atoms with E-state index >= 15 is 0 Å². The van der Waals surface area contributed by atoms with Crippen molar-refractivity contribution in [3.63, 3.8) is 0 Å². The fraction of sp³-hybridized carbons (Fsp3) is 0.462. The van der Waals surface area contributed by atoms with Gasteiger partial charge in [-0.15, -0.1) is 0 Å². The Hall–Kier alpha value is -3.13. The van der Waals surface area contributed by atoms with Gasteiger partial charge in [0.1, 0.15) is 17.6 Å². The molecule has 4 rings (SSSR count). The zero-order valence-corrected chi connectivity index (χ0v) is 20.0. The zero-order valence-electron chi connectivity index (χ0n) is 20.0. The molecule has 1 atom stereocenters. The maximum absolute atomic E-state index is 15.0. The SMILES string of the molecule is COc1ccc(N2CCN(C(=O)C3(c4ccccc4F)CCOCC3)[C@H](C(=O)N(C)C)C2)cc1. The van der Waals surface area contributed by atoms with Crippen LogP contribution in [0.3, 0.4) is 0 Å². The van der Waals surface area contributed by atoms with Crippen LogP contribution in [0.25, 0.3) is 0 Å². The summed E-state index contributed by atoms with van der Waals surface area (Å²) in [5, 5.41) is 0. The van der Waals surface area contributed by atoms with Gasteiger partial charge in [-0.25, -0.2) is 4.39 Å². The molecule has 2 aliphatic heterocycles. The normalized spacial score (nSPS) is 20.1. The number of likely N-dealkylation sites (N-methyl/N-ethyl adjacent to an activating group) is 1. The first-order valence-electron chi connectivity index (χ1n) is 11.6. The molecule has 0 unspecified atom stereocenters. The molecule has 2 aromatic carbocycles. The van der Waals surface area contributed by atoms with E-state index in [1.54, 1.807) is 44.3 Å². The van der Waals surface area contributed by atoms with E-state index in [0.717, 1.165) is 11.4 Å². The lowest BCUT2D eigenvalue weighted by molar-refractivity contribution is -0.151. The molecule has 0 spiro atoms. The third kappa shape index (κ3) is 4.46. The van der Waals surface area contributed by atoms with Gasteiger partial charge in [0.15, 0.2) is 0 Å². The number of carbonyl (C=O) groups is 2. The van der Waals surface area contributed by atoms with Crippen LogP contribution in [0.4, 0.5) is 10.1 Å². The van der Waals surface area contributed by atoms with Crippen LogP contribution in [0.15, 0.2) is 48.5 Å². The fourth-order valence-corrected chi connectivity index (χ4v) is 5.01. The molecule has 7 nitrogen and oxygen atoms in total. The summed E-state index contributed by atoms with van der Waals surface area (Å²) in [5.74, 6) is 0.00715. The van der Waals surface area contributed by atoms with Crippen LogP contribution >= 0.6 is 0 Å². The van der Waals surface area contributed by atoms with Crippen LogP contribution < -0.4 is 9.64 Å². The summed E-state index contributed by atoms with van der Waals surface area (Å²) in [7, 11) is 5.00. The van der Waals surface area contributed by atoms with E-state index in [2.05, 4.69) is 4.90 Å². The second-order valence-corrected chi connectivity index (χ2v) is 9.07. The molecule has 2 amide bonds. The summed E-state index contributed by atoms with van der Waals surface area (Å²) in [6.45, 7) is 2.04. The molecule has 0 bridgehead atoms. The first-order valence-corrected chi connectivity index (χ1v) is 11.6. The van der Waals surface area contributed by atoms with Crippen LogP contribution in [0.1, 0.15) is 18.4 Å². The Balaban J connectivity index is 1.67. The first-order chi connectivity index (χ1) is 16.4. The predicted octanol–water partition coefficient (Wildman–Crippen LogP) is 2.69. The van der Waals surface area contributed by atoms with Gasteiger partial charge in [-0.1, -0.05) is 18.2 Å². The van der Waals surface area contributed by atoms with E-state index < -0.39 is 17.3 Å². The number of halogens is 1. The summed E-state index contributed by atoms with van der Waals surface area (Å²) in [4.78, 5) is 32.7. The van der Waals surface area contributed by atoms with Crippen molar-refractivity contribution in [1.29, 1.82) is 0 Å². The number of methoxy groups -OCH3 is 1. The number of hydrogen-bond donors (Lipinski definition) is 0. The third-order valence-corrected chi connectivity index (χ3v) is 6.95. The average molecular weight is 470 g/mol. The molecule has 2 heterocycles. The highest BCUT2D eigenvalue weighted by Crippen LogP contribution is 2.39. The molecule has 0 aliphatic carbocycles. The van der Waals surface area contributed by atoms with E-state index in [1.807, 2.05) is 24.3 Å². The number of carbonyl (C=O) groups excluding carboxylic acids is 2. The molecule has 2 aromatic rings. The highest BCUT2D eigenvalue weighted by Gasteiger charge is 2.49. The topological polar surface area (TPSA) is 62.3 Å². The second kappa shape index (κ2) is 10.0. The number of rotatable bonds is 5. The molecule has 0 aromatic heterocycles. The molecule has 2 saturated heterocycles. The molecule has 0 radical (unpaired) electrons. The summed E-state index contributed by atoms with van der Waals surface area (Å²) in [5.41, 5.74) is 0.299. The Kier molecular flexibility index (Phi) is 7.07. The lowest BCUT2D eigenvalue weighted by Crippen LogP contribution is -2.64. The molecule has 34 heavy (non-hydrogen) atoms. The van der Waals surface area contributed by atoms with E-state index in [1.165, 1.54) is 11.0 Å². The number of ether oxygens (including phenoxy) is 2. The van der Waals surface area contributed by atoms with Gasteiger partial charge in [0.2, 0.25) is 11.8 Å². The molecule has 182 valence electrons. The predicted molar refractivity (Wildman–Crippen MR) is 128 cm³/mol. The maximum atomic E-state index is 15.0. The summed E-state index contributed by atoms with van der Waals surface area (Å²) in [6, 6.07) is 13.5. The molecule has 2 aliphatic rings. The highest BCUT2D eigenvalue weighted by molar-refractivity contribution is 5.94.